The van der Waals surface area contributed by atoms with E-state index in [1.54, 1.807) is 24.3 Å². The number of benzene rings is 1. The highest BCUT2D eigenvalue weighted by atomic mass is 16.5. The van der Waals surface area contributed by atoms with E-state index in [1.165, 1.54) is 4.68 Å². The first-order valence-corrected chi connectivity index (χ1v) is 11.1. The standard InChI is InChI=1S/C23H25N7O3/c1-15-14-16(2)25-23(24-15)28-12-10-27(11-13-28)8-5-9-29-20-19(26-30(29)33)21(31)17-6-3-4-7-18(17)22(20)32/h3-4,6-7,14H,5,8-13H2,1-2H3. The number of hydrogen-bond acceptors (Lipinski definition) is 8. The van der Waals surface area contributed by atoms with Crippen molar-refractivity contribution >= 4 is 17.5 Å². The number of fused-ring (bicyclic) bond motifs is 2. The largest absolute Gasteiger partial charge is 0.571 e. The van der Waals surface area contributed by atoms with Crippen molar-refractivity contribution in [3.05, 3.63) is 69.4 Å². The molecule has 0 unspecified atom stereocenters. The molecule has 1 fully saturated rings. The van der Waals surface area contributed by atoms with E-state index in [9.17, 15) is 14.8 Å². The molecule has 0 atom stereocenters. The second-order valence-corrected chi connectivity index (χ2v) is 8.51. The molecule has 0 N–H and O–H groups in total. The zero-order valence-electron chi connectivity index (χ0n) is 18.7. The molecule has 1 aromatic carbocycles. The van der Waals surface area contributed by atoms with Gasteiger partial charge in [0.25, 0.3) is 0 Å². The quantitative estimate of drug-likeness (QED) is 0.328. The summed E-state index contributed by atoms with van der Waals surface area (Å²) in [4.78, 5) is 39.7. The van der Waals surface area contributed by atoms with Crippen LogP contribution in [0.4, 0.5) is 5.95 Å². The monoisotopic (exact) mass is 447 g/mol. The van der Waals surface area contributed by atoms with Crippen molar-refractivity contribution in [1.29, 1.82) is 0 Å². The summed E-state index contributed by atoms with van der Waals surface area (Å²) in [5.74, 6) is 0.0608. The number of carbonyl (C=O) groups excluding carboxylic acids is 2. The Morgan fingerprint density at radius 2 is 1.58 bits per heavy atom. The van der Waals surface area contributed by atoms with Gasteiger partial charge in [0.15, 0.2) is 5.69 Å². The number of aromatic nitrogens is 5. The minimum Gasteiger partial charge on any atom is -0.571 e. The van der Waals surface area contributed by atoms with Gasteiger partial charge in [0, 0.05) is 65.3 Å². The lowest BCUT2D eigenvalue weighted by Crippen LogP contribution is -2.48. The topological polar surface area (TPSA) is 111 Å². The van der Waals surface area contributed by atoms with Crippen LogP contribution in [0.25, 0.3) is 0 Å². The van der Waals surface area contributed by atoms with Gasteiger partial charge in [-0.1, -0.05) is 24.3 Å². The fourth-order valence-electron chi connectivity index (χ4n) is 4.57. The van der Waals surface area contributed by atoms with Gasteiger partial charge in [0.05, 0.1) is 6.54 Å². The molecule has 1 saturated heterocycles. The Kier molecular flexibility index (Phi) is 5.37. The maximum absolute atomic E-state index is 13.0. The number of aryl methyl sites for hydroxylation is 2. The number of anilines is 1. The summed E-state index contributed by atoms with van der Waals surface area (Å²) < 4.78 is 1.28. The molecule has 1 aliphatic carbocycles. The van der Waals surface area contributed by atoms with Crippen LogP contribution in [-0.2, 0) is 6.54 Å². The third-order valence-electron chi connectivity index (χ3n) is 6.19. The summed E-state index contributed by atoms with van der Waals surface area (Å²) in [6, 6.07) is 8.58. The molecule has 33 heavy (non-hydrogen) atoms. The molecule has 170 valence electrons. The lowest BCUT2D eigenvalue weighted by molar-refractivity contribution is -0.749. The average molecular weight is 447 g/mol. The normalized spacial score (nSPS) is 16.1. The van der Waals surface area contributed by atoms with Crippen LogP contribution in [-0.4, -0.2) is 68.9 Å². The van der Waals surface area contributed by atoms with E-state index in [4.69, 9.17) is 0 Å². The van der Waals surface area contributed by atoms with E-state index in [-0.39, 0.29) is 23.0 Å². The van der Waals surface area contributed by atoms with Gasteiger partial charge in [-0.15, -0.1) is 4.68 Å². The Balaban J connectivity index is 1.22. The predicted molar refractivity (Wildman–Crippen MR) is 119 cm³/mol. The molecule has 3 aromatic rings. The fourth-order valence-corrected chi connectivity index (χ4v) is 4.57. The summed E-state index contributed by atoms with van der Waals surface area (Å²) in [7, 11) is 0. The summed E-state index contributed by atoms with van der Waals surface area (Å²) in [6.45, 7) is 8.41. The molecule has 0 spiro atoms. The SMILES string of the molecule is Cc1cc(C)nc(N2CCN(CCCn3c4c(n[n+]3[O-])C(=O)c3ccccc3C4=O)CC2)n1. The van der Waals surface area contributed by atoms with Crippen molar-refractivity contribution in [2.24, 2.45) is 0 Å². The third kappa shape index (κ3) is 3.86. The molecule has 2 aromatic heterocycles. The van der Waals surface area contributed by atoms with Crippen LogP contribution in [0.2, 0.25) is 0 Å². The molecule has 0 saturated carbocycles. The predicted octanol–water partition coefficient (Wildman–Crippen LogP) is 0.911. The third-order valence-corrected chi connectivity index (χ3v) is 6.19. The lowest BCUT2D eigenvalue weighted by atomic mass is 9.90. The minimum atomic E-state index is -0.381. The molecule has 2 aliphatic rings. The van der Waals surface area contributed by atoms with Gasteiger partial charge in [-0.2, -0.15) is 0 Å². The molecule has 0 bridgehead atoms. The maximum Gasteiger partial charge on any atom is 0.225 e. The van der Waals surface area contributed by atoms with Crippen molar-refractivity contribution in [3.8, 4) is 0 Å². The highest BCUT2D eigenvalue weighted by Crippen LogP contribution is 2.25. The Morgan fingerprint density at radius 3 is 2.24 bits per heavy atom. The molecule has 0 amide bonds. The van der Waals surface area contributed by atoms with Crippen LogP contribution >= 0.6 is 0 Å². The minimum absolute atomic E-state index is 0.0595. The first-order chi connectivity index (χ1) is 15.9. The van der Waals surface area contributed by atoms with Gasteiger partial charge in [0.1, 0.15) is 0 Å². The van der Waals surface area contributed by atoms with Gasteiger partial charge >= 0.3 is 0 Å². The number of carbonyl (C=O) groups is 2. The van der Waals surface area contributed by atoms with E-state index >= 15 is 0 Å². The van der Waals surface area contributed by atoms with Crippen LogP contribution in [0.3, 0.4) is 0 Å². The second-order valence-electron chi connectivity index (χ2n) is 8.51. The van der Waals surface area contributed by atoms with Crippen molar-refractivity contribution in [1.82, 2.24) is 24.6 Å². The smallest absolute Gasteiger partial charge is 0.225 e. The van der Waals surface area contributed by atoms with Crippen LogP contribution in [0, 0.1) is 19.1 Å². The van der Waals surface area contributed by atoms with Crippen LogP contribution in [0.5, 0.6) is 0 Å². The van der Waals surface area contributed by atoms with Crippen molar-refractivity contribution in [3.63, 3.8) is 0 Å². The summed E-state index contributed by atoms with van der Waals surface area (Å²) in [5, 5.41) is 16.2. The van der Waals surface area contributed by atoms with Gasteiger partial charge in [-0.05, 0) is 26.3 Å². The van der Waals surface area contributed by atoms with E-state index in [0.717, 1.165) is 50.1 Å². The zero-order chi connectivity index (χ0) is 23.1. The van der Waals surface area contributed by atoms with Gasteiger partial charge in [0.2, 0.25) is 23.2 Å². The zero-order valence-corrected chi connectivity index (χ0v) is 18.7. The van der Waals surface area contributed by atoms with Crippen molar-refractivity contribution in [2.45, 2.75) is 26.8 Å². The van der Waals surface area contributed by atoms with Crippen LogP contribution < -0.4 is 9.86 Å². The Labute approximate surface area is 191 Å². The Morgan fingerprint density at radius 1 is 0.939 bits per heavy atom. The highest BCUT2D eigenvalue weighted by Gasteiger charge is 2.39. The van der Waals surface area contributed by atoms with Crippen LogP contribution in [0.15, 0.2) is 30.3 Å². The van der Waals surface area contributed by atoms with Gasteiger partial charge in [-0.25, -0.2) is 9.97 Å². The van der Waals surface area contributed by atoms with Gasteiger partial charge < -0.3 is 10.1 Å². The molecular weight excluding hydrogens is 422 g/mol. The molecular formula is C23H25N7O3. The molecule has 0 radical (unpaired) electrons. The molecule has 10 nitrogen and oxygen atoms in total. The van der Waals surface area contributed by atoms with Gasteiger partial charge in [-0.3, -0.25) is 14.5 Å². The number of hydrogen-bond donors (Lipinski definition) is 0. The van der Waals surface area contributed by atoms with E-state index in [1.807, 2.05) is 19.9 Å². The Bertz CT molecular complexity index is 1220. The number of piperazine rings is 1. The first-order valence-electron chi connectivity index (χ1n) is 11.1. The summed E-state index contributed by atoms with van der Waals surface area (Å²) >= 11 is 0. The maximum atomic E-state index is 13.0. The molecule has 10 heteroatoms. The highest BCUT2D eigenvalue weighted by molar-refractivity contribution is 6.26. The molecule has 5 rings (SSSR count). The summed E-state index contributed by atoms with van der Waals surface area (Å²) in [6.07, 6.45) is 0.661. The average Bonchev–Trinajstić information content (AvgIpc) is 3.14. The molecule has 3 heterocycles. The number of ketones is 2. The van der Waals surface area contributed by atoms with Crippen LogP contribution in [0.1, 0.15) is 49.9 Å². The fraction of sp³-hybridized carbons (Fsp3) is 0.391. The first kappa shape index (κ1) is 21.2. The van der Waals surface area contributed by atoms with Crippen molar-refractivity contribution < 1.29 is 14.5 Å². The number of rotatable bonds is 5. The molecule has 1 aliphatic heterocycles. The lowest BCUT2D eigenvalue weighted by Gasteiger charge is -2.34. The van der Waals surface area contributed by atoms with E-state index < -0.39 is 0 Å². The second kappa shape index (κ2) is 8.36. The van der Waals surface area contributed by atoms with E-state index in [0.29, 0.717) is 29.1 Å². The number of nitrogens with zero attached hydrogens (tertiary/aromatic N) is 7. The summed E-state index contributed by atoms with van der Waals surface area (Å²) in [5.41, 5.74) is 2.57. The Hall–Kier alpha value is -3.66. The van der Waals surface area contributed by atoms with E-state index in [2.05, 4.69) is 24.9 Å². The van der Waals surface area contributed by atoms with Crippen molar-refractivity contribution in [2.75, 3.05) is 37.6 Å².